The number of fused-ring (bicyclic) bond motifs is 2. The smallest absolute Gasteiger partial charge is 0.410 e. The summed E-state index contributed by atoms with van der Waals surface area (Å²) in [6.45, 7) is 9.67. The maximum atomic E-state index is 12.8. The molecule has 4 aliphatic heterocycles. The molecule has 5 nitrogen and oxygen atoms in total. The first-order valence-electron chi connectivity index (χ1n) is 9.92. The predicted molar refractivity (Wildman–Crippen MR) is 102 cm³/mol. The van der Waals surface area contributed by atoms with Crippen LogP contribution in [0.25, 0.3) is 0 Å². The molecule has 142 valence electrons. The maximum absolute atomic E-state index is 12.8. The molecule has 5 heteroatoms. The van der Waals surface area contributed by atoms with Gasteiger partial charge >= 0.3 is 6.09 Å². The Kier molecular flexibility index (Phi) is 4.38. The highest BCUT2D eigenvalue weighted by Crippen LogP contribution is 2.41. The number of carbonyl (C=O) groups is 1. The van der Waals surface area contributed by atoms with Gasteiger partial charge in [0.15, 0.2) is 0 Å². The Hall–Kier alpha value is -1.75. The zero-order valence-corrected chi connectivity index (χ0v) is 16.4. The van der Waals surface area contributed by atoms with E-state index < -0.39 is 5.60 Å². The van der Waals surface area contributed by atoms with Crippen LogP contribution in [-0.2, 0) is 4.74 Å². The molecule has 0 spiro atoms. The maximum Gasteiger partial charge on any atom is 0.410 e. The first kappa shape index (κ1) is 17.7. The molecule has 1 unspecified atom stereocenters. The molecule has 0 aromatic carbocycles. The number of rotatable bonds is 1. The van der Waals surface area contributed by atoms with E-state index in [0.29, 0.717) is 12.0 Å². The third-order valence-electron chi connectivity index (χ3n) is 5.92. The highest BCUT2D eigenvalue weighted by atomic mass is 16.6. The fourth-order valence-electron chi connectivity index (χ4n) is 4.79. The summed E-state index contributed by atoms with van der Waals surface area (Å²) in [5, 5.41) is 7.30. The summed E-state index contributed by atoms with van der Waals surface area (Å²) in [7, 11) is 0. The number of amides is 1. The second kappa shape index (κ2) is 6.45. The van der Waals surface area contributed by atoms with Gasteiger partial charge in [-0.1, -0.05) is 11.6 Å². The van der Waals surface area contributed by atoms with Crippen molar-refractivity contribution in [1.29, 1.82) is 0 Å². The Labute approximate surface area is 156 Å². The molecule has 26 heavy (non-hydrogen) atoms. The summed E-state index contributed by atoms with van der Waals surface area (Å²) in [6, 6.07) is 0.624. The molecular formula is C21H31N3O2. The van der Waals surface area contributed by atoms with Crippen molar-refractivity contribution in [3.8, 4) is 0 Å². The number of nitrogens with one attached hydrogen (secondary N) is 2. The van der Waals surface area contributed by atoms with E-state index in [4.69, 9.17) is 4.74 Å². The van der Waals surface area contributed by atoms with Gasteiger partial charge in [0.25, 0.3) is 0 Å². The average Bonchev–Trinajstić information content (AvgIpc) is 2.88. The van der Waals surface area contributed by atoms with Gasteiger partial charge in [0.2, 0.25) is 0 Å². The van der Waals surface area contributed by atoms with E-state index >= 15 is 0 Å². The Balaban J connectivity index is 1.64. The summed E-state index contributed by atoms with van der Waals surface area (Å²) >= 11 is 0. The van der Waals surface area contributed by atoms with Crippen molar-refractivity contribution in [2.24, 2.45) is 5.92 Å². The van der Waals surface area contributed by atoms with E-state index in [9.17, 15) is 4.79 Å². The molecule has 2 N–H and O–H groups in total. The molecule has 0 aromatic rings. The van der Waals surface area contributed by atoms with E-state index in [0.717, 1.165) is 38.8 Å². The Bertz CT molecular complexity index is 699. The molecule has 3 atom stereocenters. The first-order valence-corrected chi connectivity index (χ1v) is 9.92. The number of ether oxygens (including phenoxy) is 1. The number of nitrogens with zero attached hydrogens (tertiary/aromatic N) is 1. The van der Waals surface area contributed by atoms with E-state index in [1.54, 1.807) is 0 Å². The SMILES string of the molecule is CC1=CNC2=C3CN[C@@H](CC=C3[C@@H]3CCCN3C(=O)OC(C)(C)C)C2C1. The zero-order valence-electron chi connectivity index (χ0n) is 16.4. The molecule has 0 radical (unpaired) electrons. The molecule has 1 saturated heterocycles. The normalized spacial score (nSPS) is 31.1. The lowest BCUT2D eigenvalue weighted by molar-refractivity contribution is 0.0250. The average molecular weight is 357 g/mol. The van der Waals surface area contributed by atoms with Crippen molar-refractivity contribution in [2.75, 3.05) is 13.1 Å². The number of carbonyl (C=O) groups excluding carboxylic acids is 1. The van der Waals surface area contributed by atoms with Gasteiger partial charge in [0.1, 0.15) is 5.60 Å². The monoisotopic (exact) mass is 357 g/mol. The van der Waals surface area contributed by atoms with Crippen LogP contribution in [0.5, 0.6) is 0 Å². The Morgan fingerprint density at radius 1 is 1.35 bits per heavy atom. The predicted octanol–water partition coefficient (Wildman–Crippen LogP) is 3.46. The number of hydrogen-bond acceptors (Lipinski definition) is 4. The van der Waals surface area contributed by atoms with E-state index in [2.05, 4.69) is 29.8 Å². The second-order valence-electron chi connectivity index (χ2n) is 9.05. The van der Waals surface area contributed by atoms with Crippen molar-refractivity contribution in [1.82, 2.24) is 15.5 Å². The van der Waals surface area contributed by atoms with Crippen molar-refractivity contribution in [2.45, 2.75) is 71.1 Å². The second-order valence-corrected chi connectivity index (χ2v) is 9.05. The fraction of sp³-hybridized carbons (Fsp3) is 0.667. The molecule has 0 aromatic heterocycles. The topological polar surface area (TPSA) is 53.6 Å². The largest absolute Gasteiger partial charge is 0.444 e. The van der Waals surface area contributed by atoms with Crippen LogP contribution >= 0.6 is 0 Å². The van der Waals surface area contributed by atoms with Crippen LogP contribution < -0.4 is 10.6 Å². The van der Waals surface area contributed by atoms with Gasteiger partial charge in [0.05, 0.1) is 6.04 Å². The quantitative estimate of drug-likeness (QED) is 0.755. The summed E-state index contributed by atoms with van der Waals surface area (Å²) in [4.78, 5) is 14.7. The minimum Gasteiger partial charge on any atom is -0.444 e. The van der Waals surface area contributed by atoms with Crippen molar-refractivity contribution in [3.05, 3.63) is 34.7 Å². The van der Waals surface area contributed by atoms with Crippen molar-refractivity contribution in [3.63, 3.8) is 0 Å². The minimum atomic E-state index is -0.456. The molecule has 1 amide bonds. The van der Waals surface area contributed by atoms with Crippen molar-refractivity contribution < 1.29 is 9.53 Å². The lowest BCUT2D eigenvalue weighted by Gasteiger charge is -2.38. The van der Waals surface area contributed by atoms with E-state index in [1.165, 1.54) is 22.4 Å². The van der Waals surface area contributed by atoms with Crippen LogP contribution in [0.3, 0.4) is 0 Å². The summed E-state index contributed by atoms with van der Waals surface area (Å²) in [5.41, 5.74) is 5.03. The van der Waals surface area contributed by atoms with Gasteiger partial charge < -0.3 is 20.3 Å². The van der Waals surface area contributed by atoms with Gasteiger partial charge in [-0.05, 0) is 70.7 Å². The van der Waals surface area contributed by atoms with E-state index in [-0.39, 0.29) is 12.1 Å². The standard InChI is InChI=1S/C21H31N3O2/c1-13-10-15-17-8-7-14(16(12-22-17)19(15)23-11-13)18-6-5-9-24(18)20(25)26-21(2,3)4/h7,11,15,17-18,22-23H,5-6,8-10,12H2,1-4H3/t15?,17-,18-/m0/s1. The van der Waals surface area contributed by atoms with Gasteiger partial charge in [0, 0.05) is 30.7 Å². The Morgan fingerprint density at radius 2 is 2.15 bits per heavy atom. The van der Waals surface area contributed by atoms with Gasteiger partial charge in [-0.15, -0.1) is 0 Å². The highest BCUT2D eigenvalue weighted by Gasteiger charge is 2.41. The van der Waals surface area contributed by atoms with Crippen molar-refractivity contribution >= 4 is 6.09 Å². The minimum absolute atomic E-state index is 0.139. The van der Waals surface area contributed by atoms with Gasteiger partial charge in [-0.25, -0.2) is 4.79 Å². The fourth-order valence-corrected chi connectivity index (χ4v) is 4.79. The molecule has 5 rings (SSSR count). The molecule has 5 aliphatic rings. The number of likely N-dealkylation sites (tertiary alicyclic amines) is 1. The van der Waals surface area contributed by atoms with Crippen LogP contribution in [0.1, 0.15) is 53.4 Å². The first-order chi connectivity index (χ1) is 12.3. The summed E-state index contributed by atoms with van der Waals surface area (Å²) < 4.78 is 5.68. The third kappa shape index (κ3) is 3.18. The van der Waals surface area contributed by atoms with Crippen LogP contribution in [0.15, 0.2) is 34.7 Å². The molecule has 4 heterocycles. The Morgan fingerprint density at radius 3 is 2.92 bits per heavy atom. The van der Waals surface area contributed by atoms with Gasteiger partial charge in [-0.2, -0.15) is 0 Å². The molecule has 2 bridgehead atoms. The summed E-state index contributed by atoms with van der Waals surface area (Å²) in [6.07, 6.45) is 8.56. The molecule has 1 aliphatic carbocycles. The van der Waals surface area contributed by atoms with Crippen LogP contribution in [0.2, 0.25) is 0 Å². The number of hydrogen-bond donors (Lipinski definition) is 2. The van der Waals surface area contributed by atoms with Gasteiger partial charge in [-0.3, -0.25) is 0 Å². The van der Waals surface area contributed by atoms with Crippen LogP contribution in [-0.4, -0.2) is 41.8 Å². The number of allylic oxidation sites excluding steroid dienone is 1. The summed E-state index contributed by atoms with van der Waals surface area (Å²) in [5.74, 6) is 0.522. The molecular weight excluding hydrogens is 326 g/mol. The molecule has 1 fully saturated rings. The lowest BCUT2D eigenvalue weighted by atomic mass is 9.82. The van der Waals surface area contributed by atoms with Crippen LogP contribution in [0.4, 0.5) is 4.79 Å². The van der Waals surface area contributed by atoms with Crippen LogP contribution in [0, 0.1) is 5.92 Å². The zero-order chi connectivity index (χ0) is 18.5. The third-order valence-corrected chi connectivity index (χ3v) is 5.92. The molecule has 0 saturated carbocycles. The van der Waals surface area contributed by atoms with E-state index in [1.807, 2.05) is 25.7 Å². The highest BCUT2D eigenvalue weighted by molar-refractivity contribution is 5.70. The lowest BCUT2D eigenvalue weighted by Crippen LogP contribution is -2.46.